The standard InChI is InChI=1S/C11H17N7/c1-17-7-3-2-4-9(17)8-12-10-5-6-11-13-15-16-18(11)14-10/h5-6,9H,2-4,7-8H2,1H3,(H,12,14). The van der Waals surface area contributed by atoms with Crippen LogP contribution in [-0.4, -0.2) is 56.3 Å². The van der Waals surface area contributed by atoms with E-state index in [-0.39, 0.29) is 0 Å². The van der Waals surface area contributed by atoms with Crippen LogP contribution in [0.5, 0.6) is 0 Å². The van der Waals surface area contributed by atoms with E-state index in [2.05, 4.69) is 37.9 Å². The van der Waals surface area contributed by atoms with E-state index in [0.717, 1.165) is 12.4 Å². The third kappa shape index (κ3) is 2.26. The number of fused-ring (bicyclic) bond motifs is 1. The first-order valence-electron chi connectivity index (χ1n) is 6.32. The van der Waals surface area contributed by atoms with Crippen LogP contribution in [0.3, 0.4) is 0 Å². The summed E-state index contributed by atoms with van der Waals surface area (Å²) in [6.45, 7) is 2.10. The molecule has 3 heterocycles. The zero-order valence-electron chi connectivity index (χ0n) is 10.5. The minimum atomic E-state index is 0.588. The second-order valence-electron chi connectivity index (χ2n) is 4.76. The summed E-state index contributed by atoms with van der Waals surface area (Å²) < 4.78 is 1.44. The Morgan fingerprint density at radius 1 is 1.39 bits per heavy atom. The minimum Gasteiger partial charge on any atom is -0.367 e. The van der Waals surface area contributed by atoms with Gasteiger partial charge in [-0.2, -0.15) is 0 Å². The second-order valence-corrected chi connectivity index (χ2v) is 4.76. The predicted octanol–water partition coefficient (Wildman–Crippen LogP) is 0.415. The Kier molecular flexibility index (Phi) is 3.06. The molecule has 0 saturated carbocycles. The zero-order chi connectivity index (χ0) is 12.4. The number of hydrogen-bond donors (Lipinski definition) is 1. The summed E-state index contributed by atoms with van der Waals surface area (Å²) in [4.78, 5) is 2.41. The summed E-state index contributed by atoms with van der Waals surface area (Å²) in [7, 11) is 2.18. The highest BCUT2D eigenvalue weighted by Gasteiger charge is 2.18. The number of hydrogen-bond acceptors (Lipinski definition) is 6. The van der Waals surface area contributed by atoms with Gasteiger partial charge in [0.25, 0.3) is 0 Å². The van der Waals surface area contributed by atoms with Gasteiger partial charge in [0.1, 0.15) is 5.82 Å². The average molecular weight is 247 g/mol. The number of anilines is 1. The molecule has 0 radical (unpaired) electrons. The lowest BCUT2D eigenvalue weighted by molar-refractivity contribution is 0.194. The van der Waals surface area contributed by atoms with Crippen molar-refractivity contribution in [2.75, 3.05) is 25.5 Å². The van der Waals surface area contributed by atoms with Crippen LogP contribution < -0.4 is 5.32 Å². The molecule has 0 aliphatic carbocycles. The van der Waals surface area contributed by atoms with E-state index in [0.29, 0.717) is 11.7 Å². The van der Waals surface area contributed by atoms with Gasteiger partial charge in [-0.05, 0) is 49.0 Å². The molecule has 0 aromatic carbocycles. The van der Waals surface area contributed by atoms with E-state index < -0.39 is 0 Å². The van der Waals surface area contributed by atoms with Crippen molar-refractivity contribution >= 4 is 11.5 Å². The molecule has 3 rings (SSSR count). The molecule has 7 nitrogen and oxygen atoms in total. The minimum absolute atomic E-state index is 0.588. The largest absolute Gasteiger partial charge is 0.367 e. The maximum absolute atomic E-state index is 4.30. The van der Waals surface area contributed by atoms with Crippen molar-refractivity contribution in [3.63, 3.8) is 0 Å². The molecule has 7 heteroatoms. The molecular weight excluding hydrogens is 230 g/mol. The number of nitrogens with zero attached hydrogens (tertiary/aromatic N) is 6. The molecule has 1 unspecified atom stereocenters. The summed E-state index contributed by atoms with van der Waals surface area (Å²) in [6, 6.07) is 4.36. The second kappa shape index (κ2) is 4.85. The molecular formula is C11H17N7. The Hall–Kier alpha value is -1.76. The van der Waals surface area contributed by atoms with Gasteiger partial charge in [-0.3, -0.25) is 0 Å². The summed E-state index contributed by atoms with van der Waals surface area (Å²) in [5.41, 5.74) is 0.662. The van der Waals surface area contributed by atoms with Crippen molar-refractivity contribution in [3.05, 3.63) is 12.1 Å². The van der Waals surface area contributed by atoms with Gasteiger partial charge in [-0.25, -0.2) is 0 Å². The maximum Gasteiger partial charge on any atom is 0.200 e. The van der Waals surface area contributed by atoms with E-state index in [1.165, 1.54) is 30.4 Å². The van der Waals surface area contributed by atoms with Crippen LogP contribution in [0, 0.1) is 0 Å². The van der Waals surface area contributed by atoms with E-state index in [4.69, 9.17) is 0 Å². The molecule has 18 heavy (non-hydrogen) atoms. The van der Waals surface area contributed by atoms with E-state index in [1.807, 2.05) is 12.1 Å². The highest BCUT2D eigenvalue weighted by atomic mass is 15.6. The first kappa shape index (κ1) is 11.3. The van der Waals surface area contributed by atoms with Gasteiger partial charge in [-0.15, -0.1) is 14.8 Å². The molecule has 1 aliphatic rings. The van der Waals surface area contributed by atoms with Crippen molar-refractivity contribution in [1.29, 1.82) is 0 Å². The number of aromatic nitrogens is 5. The molecule has 96 valence electrons. The van der Waals surface area contributed by atoms with Crippen LogP contribution in [-0.2, 0) is 0 Å². The number of nitrogens with one attached hydrogen (secondary N) is 1. The molecule has 1 N–H and O–H groups in total. The molecule has 1 atom stereocenters. The van der Waals surface area contributed by atoms with Gasteiger partial charge in [-0.1, -0.05) is 6.42 Å². The van der Waals surface area contributed by atoms with E-state index in [1.54, 1.807) is 0 Å². The van der Waals surface area contributed by atoms with Gasteiger partial charge in [0, 0.05) is 12.6 Å². The summed E-state index contributed by atoms with van der Waals surface area (Å²) in [6.07, 6.45) is 3.87. The molecule has 2 aromatic rings. The van der Waals surface area contributed by atoms with Crippen LogP contribution >= 0.6 is 0 Å². The molecule has 1 saturated heterocycles. The monoisotopic (exact) mass is 247 g/mol. The fraction of sp³-hybridized carbons (Fsp3) is 0.636. The molecule has 1 aliphatic heterocycles. The summed E-state index contributed by atoms with van der Waals surface area (Å²) >= 11 is 0. The Bertz CT molecular complexity index is 523. The number of likely N-dealkylation sites (N-methyl/N-ethyl adjacent to an activating group) is 1. The predicted molar refractivity (Wildman–Crippen MR) is 67.3 cm³/mol. The van der Waals surface area contributed by atoms with Crippen molar-refractivity contribution in [2.24, 2.45) is 0 Å². The summed E-state index contributed by atoms with van der Waals surface area (Å²) in [5.74, 6) is 0.814. The van der Waals surface area contributed by atoms with Crippen LogP contribution in [0.2, 0.25) is 0 Å². The Morgan fingerprint density at radius 3 is 3.22 bits per heavy atom. The summed E-state index contributed by atoms with van der Waals surface area (Å²) in [5, 5.41) is 18.8. The van der Waals surface area contributed by atoms with Crippen molar-refractivity contribution in [3.8, 4) is 0 Å². The number of rotatable bonds is 3. The zero-order valence-corrected chi connectivity index (χ0v) is 10.5. The molecule has 2 aromatic heterocycles. The maximum atomic E-state index is 4.30. The van der Waals surface area contributed by atoms with Crippen LogP contribution in [0.4, 0.5) is 5.82 Å². The highest BCUT2D eigenvalue weighted by molar-refractivity contribution is 5.42. The van der Waals surface area contributed by atoms with Gasteiger partial charge in [0.15, 0.2) is 5.65 Å². The quantitative estimate of drug-likeness (QED) is 0.847. The highest BCUT2D eigenvalue weighted by Crippen LogP contribution is 2.15. The lowest BCUT2D eigenvalue weighted by Gasteiger charge is -2.32. The van der Waals surface area contributed by atoms with Crippen molar-refractivity contribution in [1.82, 2.24) is 30.2 Å². The smallest absolute Gasteiger partial charge is 0.200 e. The third-order valence-corrected chi connectivity index (χ3v) is 3.51. The van der Waals surface area contributed by atoms with Gasteiger partial charge in [0.05, 0.1) is 0 Å². The van der Waals surface area contributed by atoms with Crippen molar-refractivity contribution < 1.29 is 0 Å². The third-order valence-electron chi connectivity index (χ3n) is 3.51. The van der Waals surface area contributed by atoms with Gasteiger partial charge >= 0.3 is 0 Å². The van der Waals surface area contributed by atoms with Gasteiger partial charge in [0.2, 0.25) is 0 Å². The Labute approximate surface area is 105 Å². The van der Waals surface area contributed by atoms with Crippen molar-refractivity contribution in [2.45, 2.75) is 25.3 Å². The Morgan fingerprint density at radius 2 is 2.33 bits per heavy atom. The molecule has 1 fully saturated rings. The topological polar surface area (TPSA) is 71.2 Å². The number of piperidine rings is 1. The lowest BCUT2D eigenvalue weighted by Crippen LogP contribution is -2.40. The van der Waals surface area contributed by atoms with E-state index >= 15 is 0 Å². The SMILES string of the molecule is CN1CCCCC1CNc1ccc2nnnn2n1. The Balaban J connectivity index is 1.65. The fourth-order valence-electron chi connectivity index (χ4n) is 2.37. The van der Waals surface area contributed by atoms with Crippen LogP contribution in [0.15, 0.2) is 12.1 Å². The van der Waals surface area contributed by atoms with Gasteiger partial charge < -0.3 is 10.2 Å². The average Bonchev–Trinajstić information content (AvgIpc) is 2.85. The first-order chi connectivity index (χ1) is 8.83. The van der Waals surface area contributed by atoms with Crippen LogP contribution in [0.25, 0.3) is 5.65 Å². The van der Waals surface area contributed by atoms with Crippen LogP contribution in [0.1, 0.15) is 19.3 Å². The van der Waals surface area contributed by atoms with E-state index in [9.17, 15) is 0 Å². The molecule has 0 amide bonds. The lowest BCUT2D eigenvalue weighted by atomic mass is 10.0. The number of likely N-dealkylation sites (tertiary alicyclic amines) is 1. The fourth-order valence-corrected chi connectivity index (χ4v) is 2.37. The first-order valence-corrected chi connectivity index (χ1v) is 6.32. The molecule has 0 bridgehead atoms. The number of tetrazole rings is 1. The molecule has 0 spiro atoms. The normalized spacial score (nSPS) is 21.3.